The molecular weight excluding hydrogens is 399 g/mol. The molecule has 0 aliphatic carbocycles. The summed E-state index contributed by atoms with van der Waals surface area (Å²) >= 11 is 0. The first-order chi connectivity index (χ1) is 13.4. The summed E-state index contributed by atoms with van der Waals surface area (Å²) in [5, 5.41) is 0. The Morgan fingerprint density at radius 2 is 1.93 bits per heavy atom. The normalized spacial score (nSPS) is 24.0. The van der Waals surface area contributed by atoms with Crippen LogP contribution in [0.15, 0.2) is 18.2 Å². The molecule has 0 N–H and O–H groups in total. The zero-order valence-corrected chi connectivity index (χ0v) is 18.0. The number of nitrogens with zero attached hydrogens (tertiary/aromatic N) is 2. The number of fused-ring (bicyclic) bond motifs is 1. The third-order valence-corrected chi connectivity index (χ3v) is 6.90. The van der Waals surface area contributed by atoms with Crippen molar-refractivity contribution >= 4 is 27.5 Å². The number of carbonyl (C=O) groups excluding carboxylic acids is 2. The van der Waals surface area contributed by atoms with Gasteiger partial charge in [-0.25, -0.2) is 17.6 Å². The Labute approximate surface area is 170 Å². The smallest absolute Gasteiger partial charge is 0.410 e. The standard InChI is InChI=1S/C20H27FN2O5S/c1-13-10-23(18(24)15-7-8-29(26,27)12-15)17-9-16(21)6-5-14(17)11-22(13)19(25)28-20(2,3)4/h5-6,9,13,15H,7-8,10-12H2,1-4H3/t13-,15+/m0/s1. The number of benzene rings is 1. The number of amides is 2. The minimum atomic E-state index is -3.24. The molecule has 2 heterocycles. The van der Waals surface area contributed by atoms with Gasteiger partial charge in [0.1, 0.15) is 11.4 Å². The SMILES string of the molecule is C[C@H]1CN(C(=O)[C@@H]2CCS(=O)(=O)C2)c2cc(F)ccc2CN1C(=O)OC(C)(C)C. The van der Waals surface area contributed by atoms with E-state index < -0.39 is 39.3 Å². The number of anilines is 1. The van der Waals surface area contributed by atoms with Crippen LogP contribution >= 0.6 is 0 Å². The molecule has 0 saturated carbocycles. The maximum Gasteiger partial charge on any atom is 0.410 e. The van der Waals surface area contributed by atoms with E-state index in [1.165, 1.54) is 21.9 Å². The number of halogens is 1. The lowest BCUT2D eigenvalue weighted by Crippen LogP contribution is -2.47. The Morgan fingerprint density at radius 1 is 1.24 bits per heavy atom. The van der Waals surface area contributed by atoms with E-state index in [0.717, 1.165) is 0 Å². The van der Waals surface area contributed by atoms with Crippen LogP contribution in [0.5, 0.6) is 0 Å². The minimum absolute atomic E-state index is 0.0210. The second-order valence-corrected chi connectivity index (χ2v) is 11.0. The van der Waals surface area contributed by atoms with Gasteiger partial charge < -0.3 is 9.64 Å². The van der Waals surface area contributed by atoms with Crippen LogP contribution in [0, 0.1) is 11.7 Å². The first-order valence-corrected chi connectivity index (χ1v) is 11.5. The highest BCUT2D eigenvalue weighted by atomic mass is 32.2. The van der Waals surface area contributed by atoms with Gasteiger partial charge >= 0.3 is 6.09 Å². The maximum absolute atomic E-state index is 14.0. The number of rotatable bonds is 1. The summed E-state index contributed by atoms with van der Waals surface area (Å²) in [4.78, 5) is 28.8. The van der Waals surface area contributed by atoms with Gasteiger partial charge in [-0.2, -0.15) is 0 Å². The van der Waals surface area contributed by atoms with E-state index >= 15 is 0 Å². The average molecular weight is 427 g/mol. The Bertz CT molecular complexity index is 925. The number of carbonyl (C=O) groups is 2. The van der Waals surface area contributed by atoms with E-state index in [-0.39, 0.29) is 36.9 Å². The predicted molar refractivity (Wildman–Crippen MR) is 107 cm³/mol. The maximum atomic E-state index is 14.0. The molecule has 1 aromatic rings. The van der Waals surface area contributed by atoms with Crippen LogP contribution in [0.2, 0.25) is 0 Å². The molecular formula is C20H27FN2O5S. The van der Waals surface area contributed by atoms with Crippen molar-refractivity contribution in [1.29, 1.82) is 0 Å². The predicted octanol–water partition coefficient (Wildman–Crippen LogP) is 2.73. The Hall–Kier alpha value is -2.16. The minimum Gasteiger partial charge on any atom is -0.444 e. The van der Waals surface area contributed by atoms with Gasteiger partial charge in [-0.05, 0) is 51.8 Å². The second kappa shape index (κ2) is 7.59. The first-order valence-electron chi connectivity index (χ1n) is 9.66. The zero-order chi connectivity index (χ0) is 21.6. The molecule has 0 aromatic heterocycles. The van der Waals surface area contributed by atoms with Gasteiger partial charge in [0.15, 0.2) is 9.84 Å². The summed E-state index contributed by atoms with van der Waals surface area (Å²) in [6.07, 6.45) is -0.259. The molecule has 2 aliphatic rings. The third-order valence-electron chi connectivity index (χ3n) is 5.13. The summed E-state index contributed by atoms with van der Waals surface area (Å²) in [5.41, 5.74) is 0.302. The van der Waals surface area contributed by atoms with Crippen LogP contribution in [0.1, 0.15) is 39.7 Å². The van der Waals surface area contributed by atoms with Crippen molar-refractivity contribution in [2.45, 2.75) is 52.3 Å². The van der Waals surface area contributed by atoms with E-state index in [2.05, 4.69) is 0 Å². The molecule has 3 rings (SSSR count). The highest BCUT2D eigenvalue weighted by Crippen LogP contribution is 2.32. The number of ether oxygens (including phenoxy) is 1. The van der Waals surface area contributed by atoms with E-state index in [1.807, 2.05) is 0 Å². The van der Waals surface area contributed by atoms with Crippen LogP contribution in [0.25, 0.3) is 0 Å². The van der Waals surface area contributed by atoms with Gasteiger partial charge in [0.2, 0.25) is 5.91 Å². The van der Waals surface area contributed by atoms with Gasteiger partial charge in [-0.15, -0.1) is 0 Å². The Kier molecular flexibility index (Phi) is 5.64. The van der Waals surface area contributed by atoms with Crippen LogP contribution in [0.3, 0.4) is 0 Å². The van der Waals surface area contributed by atoms with E-state index in [0.29, 0.717) is 11.3 Å². The third kappa shape index (κ3) is 4.88. The van der Waals surface area contributed by atoms with Crippen molar-refractivity contribution in [1.82, 2.24) is 4.90 Å². The molecule has 7 nitrogen and oxygen atoms in total. The fraction of sp³-hybridized carbons (Fsp3) is 0.600. The van der Waals surface area contributed by atoms with Crippen LogP contribution in [-0.2, 0) is 25.9 Å². The molecule has 1 saturated heterocycles. The lowest BCUT2D eigenvalue weighted by molar-refractivity contribution is -0.121. The molecule has 1 fully saturated rings. The van der Waals surface area contributed by atoms with Crippen LogP contribution in [-0.4, -0.2) is 55.0 Å². The Balaban J connectivity index is 1.94. The summed E-state index contributed by atoms with van der Waals surface area (Å²) in [5.74, 6) is -1.73. The number of hydrogen-bond acceptors (Lipinski definition) is 5. The quantitative estimate of drug-likeness (QED) is 0.690. The molecule has 0 spiro atoms. The summed E-state index contributed by atoms with van der Waals surface area (Å²) < 4.78 is 43.2. The lowest BCUT2D eigenvalue weighted by Gasteiger charge is -2.31. The van der Waals surface area contributed by atoms with E-state index in [4.69, 9.17) is 4.74 Å². The van der Waals surface area contributed by atoms with Gasteiger partial charge in [0.25, 0.3) is 0 Å². The van der Waals surface area contributed by atoms with Crippen LogP contribution < -0.4 is 4.90 Å². The van der Waals surface area contributed by atoms with Crippen molar-refractivity contribution in [2.75, 3.05) is 23.0 Å². The van der Waals surface area contributed by atoms with Crippen molar-refractivity contribution in [3.8, 4) is 0 Å². The first kappa shape index (κ1) is 21.5. The molecule has 9 heteroatoms. The van der Waals surface area contributed by atoms with E-state index in [1.54, 1.807) is 33.8 Å². The van der Waals surface area contributed by atoms with Crippen molar-refractivity contribution in [3.05, 3.63) is 29.6 Å². The fourth-order valence-corrected chi connectivity index (χ4v) is 5.44. The largest absolute Gasteiger partial charge is 0.444 e. The number of sulfone groups is 1. The Morgan fingerprint density at radius 3 is 2.52 bits per heavy atom. The number of hydrogen-bond donors (Lipinski definition) is 0. The van der Waals surface area contributed by atoms with Crippen LogP contribution in [0.4, 0.5) is 14.9 Å². The fourth-order valence-electron chi connectivity index (χ4n) is 3.71. The zero-order valence-electron chi connectivity index (χ0n) is 17.1. The molecule has 1 aromatic carbocycles. The molecule has 160 valence electrons. The molecule has 0 bridgehead atoms. The molecule has 2 aliphatic heterocycles. The van der Waals surface area contributed by atoms with Gasteiger partial charge in [0, 0.05) is 6.54 Å². The highest BCUT2D eigenvalue weighted by Gasteiger charge is 2.39. The van der Waals surface area contributed by atoms with Gasteiger partial charge in [-0.1, -0.05) is 6.07 Å². The summed E-state index contributed by atoms with van der Waals surface area (Å²) in [6, 6.07) is 3.70. The molecule has 29 heavy (non-hydrogen) atoms. The van der Waals surface area contributed by atoms with Gasteiger partial charge in [-0.3, -0.25) is 9.69 Å². The average Bonchev–Trinajstić information content (AvgIpc) is 2.88. The molecule has 2 amide bonds. The molecule has 0 radical (unpaired) electrons. The van der Waals surface area contributed by atoms with E-state index in [9.17, 15) is 22.4 Å². The van der Waals surface area contributed by atoms with Crippen molar-refractivity contribution < 1.29 is 27.1 Å². The lowest BCUT2D eigenvalue weighted by atomic mass is 10.1. The van der Waals surface area contributed by atoms with Gasteiger partial charge in [0.05, 0.1) is 35.7 Å². The van der Waals surface area contributed by atoms with Crippen molar-refractivity contribution in [3.63, 3.8) is 0 Å². The topological polar surface area (TPSA) is 84.0 Å². The second-order valence-electron chi connectivity index (χ2n) is 8.78. The highest BCUT2D eigenvalue weighted by molar-refractivity contribution is 7.91. The van der Waals surface area contributed by atoms with Crippen molar-refractivity contribution in [2.24, 2.45) is 5.92 Å². The monoisotopic (exact) mass is 426 g/mol. The summed E-state index contributed by atoms with van der Waals surface area (Å²) in [6.45, 7) is 7.40. The summed E-state index contributed by atoms with van der Waals surface area (Å²) in [7, 11) is -3.24. The molecule has 0 unspecified atom stereocenters. The molecule has 2 atom stereocenters.